The lowest BCUT2D eigenvalue weighted by molar-refractivity contribution is 0.572. The first-order chi connectivity index (χ1) is 13.8. The van der Waals surface area contributed by atoms with Crippen molar-refractivity contribution in [1.82, 2.24) is 9.71 Å². The molecule has 4 nitrogen and oxygen atoms in total. The highest BCUT2D eigenvalue weighted by molar-refractivity contribution is 7.89. The van der Waals surface area contributed by atoms with Crippen LogP contribution in [0, 0.1) is 19.7 Å². The third kappa shape index (κ3) is 3.81. The SMILES string of the molecule is Cc1ccc(S(=O)(=O)NC(c2ccc(F)cc2)c2c(C)[nH]c3ccccc23)cc1. The van der Waals surface area contributed by atoms with E-state index in [1.807, 2.05) is 38.1 Å². The quantitative estimate of drug-likeness (QED) is 0.489. The fraction of sp³-hybridized carbons (Fsp3) is 0.130. The van der Waals surface area contributed by atoms with Crippen LogP contribution in [0.4, 0.5) is 4.39 Å². The summed E-state index contributed by atoms with van der Waals surface area (Å²) < 4.78 is 42.6. The van der Waals surface area contributed by atoms with E-state index in [0.29, 0.717) is 5.56 Å². The van der Waals surface area contributed by atoms with Gasteiger partial charge in [-0.2, -0.15) is 4.72 Å². The summed E-state index contributed by atoms with van der Waals surface area (Å²) in [6, 6.07) is 19.7. The molecule has 2 N–H and O–H groups in total. The van der Waals surface area contributed by atoms with Crippen molar-refractivity contribution in [3.63, 3.8) is 0 Å². The van der Waals surface area contributed by atoms with Crippen LogP contribution in [0.5, 0.6) is 0 Å². The zero-order chi connectivity index (χ0) is 20.6. The van der Waals surface area contributed by atoms with Gasteiger partial charge in [0.25, 0.3) is 0 Å². The van der Waals surface area contributed by atoms with Crippen molar-refractivity contribution in [3.05, 3.63) is 101 Å². The molecular formula is C23H21FN2O2S. The highest BCUT2D eigenvalue weighted by Gasteiger charge is 2.26. The molecule has 1 heterocycles. The summed E-state index contributed by atoms with van der Waals surface area (Å²) in [5.74, 6) is -0.371. The van der Waals surface area contributed by atoms with E-state index in [-0.39, 0.29) is 10.7 Å². The lowest BCUT2D eigenvalue weighted by atomic mass is 9.97. The monoisotopic (exact) mass is 408 g/mol. The van der Waals surface area contributed by atoms with Crippen LogP contribution in [0.3, 0.4) is 0 Å². The van der Waals surface area contributed by atoms with Gasteiger partial charge in [0.05, 0.1) is 10.9 Å². The van der Waals surface area contributed by atoms with Gasteiger partial charge in [-0.25, -0.2) is 12.8 Å². The van der Waals surface area contributed by atoms with Crippen molar-refractivity contribution >= 4 is 20.9 Å². The van der Waals surface area contributed by atoms with E-state index >= 15 is 0 Å². The molecule has 4 rings (SSSR count). The third-order valence-electron chi connectivity index (χ3n) is 5.04. The van der Waals surface area contributed by atoms with Gasteiger partial charge in [0, 0.05) is 22.2 Å². The van der Waals surface area contributed by atoms with Crippen molar-refractivity contribution < 1.29 is 12.8 Å². The Kier molecular flexibility index (Phi) is 4.98. The predicted octanol–water partition coefficient (Wildman–Crippen LogP) is 4.99. The number of hydrogen-bond donors (Lipinski definition) is 2. The average Bonchev–Trinajstić information content (AvgIpc) is 3.03. The Morgan fingerprint density at radius 1 is 0.897 bits per heavy atom. The Hall–Kier alpha value is -2.96. The summed E-state index contributed by atoms with van der Waals surface area (Å²) in [7, 11) is -3.80. The highest BCUT2D eigenvalue weighted by atomic mass is 32.2. The topological polar surface area (TPSA) is 62.0 Å². The van der Waals surface area contributed by atoms with Crippen molar-refractivity contribution in [3.8, 4) is 0 Å². The largest absolute Gasteiger partial charge is 0.358 e. The molecule has 1 atom stereocenters. The second kappa shape index (κ2) is 7.46. The van der Waals surface area contributed by atoms with Gasteiger partial charge >= 0.3 is 0 Å². The van der Waals surface area contributed by atoms with E-state index in [0.717, 1.165) is 27.7 Å². The first-order valence-corrected chi connectivity index (χ1v) is 10.7. The number of rotatable bonds is 5. The molecule has 0 saturated heterocycles. The van der Waals surface area contributed by atoms with Gasteiger partial charge in [-0.1, -0.05) is 48.0 Å². The van der Waals surface area contributed by atoms with Crippen LogP contribution in [0.25, 0.3) is 10.9 Å². The number of para-hydroxylation sites is 1. The normalized spacial score (nSPS) is 12.9. The van der Waals surface area contributed by atoms with Crippen LogP contribution in [-0.4, -0.2) is 13.4 Å². The van der Waals surface area contributed by atoms with Gasteiger partial charge in [-0.05, 0) is 49.7 Å². The van der Waals surface area contributed by atoms with Crippen molar-refractivity contribution in [2.75, 3.05) is 0 Å². The molecule has 0 spiro atoms. The Morgan fingerprint density at radius 2 is 1.55 bits per heavy atom. The van der Waals surface area contributed by atoms with E-state index in [2.05, 4.69) is 9.71 Å². The smallest absolute Gasteiger partial charge is 0.241 e. The number of sulfonamides is 1. The average molecular weight is 408 g/mol. The molecule has 0 bridgehead atoms. The van der Waals surface area contributed by atoms with Crippen LogP contribution in [0.1, 0.15) is 28.4 Å². The molecule has 0 amide bonds. The maximum absolute atomic E-state index is 13.5. The molecule has 29 heavy (non-hydrogen) atoms. The molecule has 0 aliphatic heterocycles. The second-order valence-corrected chi connectivity index (χ2v) is 8.84. The van der Waals surface area contributed by atoms with Crippen LogP contribution >= 0.6 is 0 Å². The number of aromatic nitrogens is 1. The van der Waals surface area contributed by atoms with E-state index in [9.17, 15) is 12.8 Å². The van der Waals surface area contributed by atoms with E-state index in [1.165, 1.54) is 12.1 Å². The molecule has 3 aromatic carbocycles. The minimum atomic E-state index is -3.80. The zero-order valence-electron chi connectivity index (χ0n) is 16.1. The maximum Gasteiger partial charge on any atom is 0.241 e. The van der Waals surface area contributed by atoms with E-state index in [1.54, 1.807) is 36.4 Å². The molecule has 6 heteroatoms. The Balaban J connectivity index is 1.86. The number of hydrogen-bond acceptors (Lipinski definition) is 2. The fourth-order valence-corrected chi connectivity index (χ4v) is 4.75. The minimum Gasteiger partial charge on any atom is -0.358 e. The minimum absolute atomic E-state index is 0.188. The lowest BCUT2D eigenvalue weighted by Gasteiger charge is -2.20. The van der Waals surface area contributed by atoms with E-state index < -0.39 is 16.1 Å². The number of aromatic amines is 1. The summed E-state index contributed by atoms with van der Waals surface area (Å²) in [4.78, 5) is 3.50. The van der Waals surface area contributed by atoms with Gasteiger partial charge in [0.15, 0.2) is 0 Å². The summed E-state index contributed by atoms with van der Waals surface area (Å²) in [6.07, 6.45) is 0. The van der Waals surface area contributed by atoms with Crippen LogP contribution in [0.15, 0.2) is 77.7 Å². The lowest BCUT2D eigenvalue weighted by Crippen LogP contribution is -2.29. The molecule has 1 aromatic heterocycles. The Bertz CT molecular complexity index is 1260. The highest BCUT2D eigenvalue weighted by Crippen LogP contribution is 2.33. The van der Waals surface area contributed by atoms with E-state index in [4.69, 9.17) is 0 Å². The third-order valence-corrected chi connectivity index (χ3v) is 6.48. The van der Waals surface area contributed by atoms with Crippen molar-refractivity contribution in [1.29, 1.82) is 0 Å². The predicted molar refractivity (Wildman–Crippen MR) is 113 cm³/mol. The molecule has 0 saturated carbocycles. The Labute approximate surface area is 169 Å². The van der Waals surface area contributed by atoms with Crippen LogP contribution in [-0.2, 0) is 10.0 Å². The molecule has 0 aliphatic rings. The van der Waals surface area contributed by atoms with Gasteiger partial charge in [0.1, 0.15) is 5.82 Å². The molecule has 4 aromatic rings. The number of H-pyrrole nitrogens is 1. The maximum atomic E-state index is 13.5. The molecule has 148 valence electrons. The van der Waals surface area contributed by atoms with Gasteiger partial charge < -0.3 is 4.98 Å². The summed E-state index contributed by atoms with van der Waals surface area (Å²) in [6.45, 7) is 3.81. The van der Waals surface area contributed by atoms with Gasteiger partial charge in [-0.3, -0.25) is 0 Å². The fourth-order valence-electron chi connectivity index (χ4n) is 3.56. The summed E-state index contributed by atoms with van der Waals surface area (Å²) in [5, 5.41) is 0.922. The van der Waals surface area contributed by atoms with Crippen LogP contribution in [0.2, 0.25) is 0 Å². The number of nitrogens with one attached hydrogen (secondary N) is 2. The van der Waals surface area contributed by atoms with Gasteiger partial charge in [-0.15, -0.1) is 0 Å². The first-order valence-electron chi connectivity index (χ1n) is 9.27. The number of aryl methyl sites for hydroxylation is 2. The number of halogens is 1. The standard InChI is InChI=1S/C23H21FN2O2S/c1-15-7-13-19(14-8-15)29(27,28)26-23(17-9-11-18(24)12-10-17)22-16(2)25-21-6-4-3-5-20(21)22/h3-14,23,25-26H,1-2H3. The first kappa shape index (κ1) is 19.4. The number of benzene rings is 3. The second-order valence-electron chi connectivity index (χ2n) is 7.13. The molecule has 1 unspecified atom stereocenters. The zero-order valence-corrected chi connectivity index (χ0v) is 16.9. The molecule has 0 radical (unpaired) electrons. The molecular weight excluding hydrogens is 387 g/mol. The van der Waals surface area contributed by atoms with Crippen molar-refractivity contribution in [2.24, 2.45) is 0 Å². The van der Waals surface area contributed by atoms with Gasteiger partial charge in [0.2, 0.25) is 10.0 Å². The summed E-state index contributed by atoms with van der Waals surface area (Å²) in [5.41, 5.74) is 4.23. The Morgan fingerprint density at radius 3 is 2.24 bits per heavy atom. The summed E-state index contributed by atoms with van der Waals surface area (Å²) >= 11 is 0. The van der Waals surface area contributed by atoms with Crippen LogP contribution < -0.4 is 4.72 Å². The van der Waals surface area contributed by atoms with Crippen molar-refractivity contribution in [2.45, 2.75) is 24.8 Å². The number of fused-ring (bicyclic) bond motifs is 1. The molecule has 0 aliphatic carbocycles. The molecule has 0 fully saturated rings.